The lowest BCUT2D eigenvalue weighted by molar-refractivity contribution is -0.105. The highest BCUT2D eigenvalue weighted by Gasteiger charge is 2.10. The molecule has 3 aromatic heterocycles. The molecule has 8 nitrogen and oxygen atoms in total. The fourth-order valence-corrected chi connectivity index (χ4v) is 3.19. The molecular weight excluding hydrogens is 350 g/mol. The van der Waals surface area contributed by atoms with E-state index in [0.29, 0.717) is 23.2 Å². The Morgan fingerprint density at radius 1 is 1.23 bits per heavy atom. The molecule has 1 aromatic carbocycles. The standard InChI is InChI=1S/C17H15N7OS/c1-11-9-15(22-21-11)19-16-14-3-2-8-24(14)23-17(20-16)26-13-6-4-12(5-7-13)18-10-25/h2-10H,1H3,(H,18,25)(H2,19,20,21,22,23). The van der Waals surface area contributed by atoms with Gasteiger partial charge in [0.05, 0.1) is 0 Å². The molecule has 0 aliphatic heterocycles. The van der Waals surface area contributed by atoms with Crippen LogP contribution in [0, 0.1) is 6.92 Å². The van der Waals surface area contributed by atoms with Crippen LogP contribution in [0.2, 0.25) is 0 Å². The van der Waals surface area contributed by atoms with Crippen LogP contribution in [-0.4, -0.2) is 31.2 Å². The summed E-state index contributed by atoms with van der Waals surface area (Å²) in [4.78, 5) is 16.1. The molecular formula is C17H15N7OS. The van der Waals surface area contributed by atoms with E-state index in [4.69, 9.17) is 0 Å². The van der Waals surface area contributed by atoms with Gasteiger partial charge in [0, 0.05) is 28.5 Å². The maximum absolute atomic E-state index is 10.5. The molecule has 0 bridgehead atoms. The van der Waals surface area contributed by atoms with Crippen LogP contribution in [0.3, 0.4) is 0 Å². The van der Waals surface area contributed by atoms with Crippen molar-refractivity contribution >= 4 is 41.0 Å². The molecule has 26 heavy (non-hydrogen) atoms. The van der Waals surface area contributed by atoms with Crippen LogP contribution in [0.5, 0.6) is 0 Å². The van der Waals surface area contributed by atoms with Gasteiger partial charge in [-0.05, 0) is 55.1 Å². The number of carbonyl (C=O) groups excluding carboxylic acids is 1. The van der Waals surface area contributed by atoms with E-state index >= 15 is 0 Å². The lowest BCUT2D eigenvalue weighted by Gasteiger charge is -2.08. The molecule has 9 heteroatoms. The molecule has 0 radical (unpaired) electrons. The van der Waals surface area contributed by atoms with E-state index in [1.165, 1.54) is 11.8 Å². The predicted octanol–water partition coefficient (Wildman–Crippen LogP) is 3.22. The minimum Gasteiger partial charge on any atom is -0.329 e. The first-order valence-corrected chi connectivity index (χ1v) is 8.65. The van der Waals surface area contributed by atoms with E-state index in [9.17, 15) is 4.79 Å². The Morgan fingerprint density at radius 3 is 2.81 bits per heavy atom. The summed E-state index contributed by atoms with van der Waals surface area (Å²) in [6.07, 6.45) is 2.53. The van der Waals surface area contributed by atoms with Gasteiger partial charge in [-0.2, -0.15) is 5.10 Å². The summed E-state index contributed by atoms with van der Waals surface area (Å²) in [5.41, 5.74) is 2.56. The topological polar surface area (TPSA) is 100 Å². The number of nitrogens with one attached hydrogen (secondary N) is 3. The number of amides is 1. The van der Waals surface area contributed by atoms with Crippen LogP contribution in [-0.2, 0) is 4.79 Å². The van der Waals surface area contributed by atoms with Crippen molar-refractivity contribution in [2.24, 2.45) is 0 Å². The van der Waals surface area contributed by atoms with Gasteiger partial charge >= 0.3 is 0 Å². The molecule has 0 aliphatic rings. The van der Waals surface area contributed by atoms with E-state index in [1.54, 1.807) is 4.52 Å². The Morgan fingerprint density at radius 2 is 2.08 bits per heavy atom. The molecule has 0 spiro atoms. The summed E-state index contributed by atoms with van der Waals surface area (Å²) < 4.78 is 1.78. The van der Waals surface area contributed by atoms with Crippen molar-refractivity contribution in [2.75, 3.05) is 10.6 Å². The molecule has 0 aliphatic carbocycles. The summed E-state index contributed by atoms with van der Waals surface area (Å²) in [7, 11) is 0. The fraction of sp³-hybridized carbons (Fsp3) is 0.0588. The summed E-state index contributed by atoms with van der Waals surface area (Å²) in [5.74, 6) is 1.38. The molecule has 0 unspecified atom stereocenters. The minimum atomic E-state index is 0.597. The molecule has 0 saturated carbocycles. The molecule has 0 saturated heterocycles. The van der Waals surface area contributed by atoms with Crippen molar-refractivity contribution in [3.63, 3.8) is 0 Å². The van der Waals surface area contributed by atoms with Gasteiger partial charge < -0.3 is 10.6 Å². The van der Waals surface area contributed by atoms with Gasteiger partial charge in [0.2, 0.25) is 11.6 Å². The predicted molar refractivity (Wildman–Crippen MR) is 99.8 cm³/mol. The maximum atomic E-state index is 10.5. The number of hydrogen-bond donors (Lipinski definition) is 3. The van der Waals surface area contributed by atoms with E-state index in [1.807, 2.05) is 55.6 Å². The average molecular weight is 365 g/mol. The summed E-state index contributed by atoms with van der Waals surface area (Å²) in [6.45, 7) is 1.94. The summed E-state index contributed by atoms with van der Waals surface area (Å²) in [6, 6.07) is 13.2. The highest BCUT2D eigenvalue weighted by atomic mass is 32.2. The van der Waals surface area contributed by atoms with Crippen LogP contribution < -0.4 is 10.6 Å². The van der Waals surface area contributed by atoms with Crippen molar-refractivity contribution in [1.29, 1.82) is 0 Å². The number of benzene rings is 1. The number of hydrogen-bond acceptors (Lipinski definition) is 6. The number of rotatable bonds is 6. The number of aromatic amines is 1. The van der Waals surface area contributed by atoms with Crippen molar-refractivity contribution in [3.8, 4) is 0 Å². The van der Waals surface area contributed by atoms with Crippen LogP contribution in [0.15, 0.2) is 58.7 Å². The van der Waals surface area contributed by atoms with E-state index in [-0.39, 0.29) is 0 Å². The largest absolute Gasteiger partial charge is 0.329 e. The van der Waals surface area contributed by atoms with Crippen LogP contribution in [0.1, 0.15) is 5.69 Å². The first-order chi connectivity index (χ1) is 12.7. The molecule has 0 atom stereocenters. The highest BCUT2D eigenvalue weighted by Crippen LogP contribution is 2.28. The van der Waals surface area contributed by atoms with Gasteiger partial charge in [-0.1, -0.05) is 0 Å². The third-order valence-electron chi connectivity index (χ3n) is 3.61. The second-order valence-electron chi connectivity index (χ2n) is 5.53. The Labute approximate surface area is 153 Å². The smallest absolute Gasteiger partial charge is 0.214 e. The van der Waals surface area contributed by atoms with Gasteiger partial charge in [-0.15, -0.1) is 5.10 Å². The number of nitrogens with zero attached hydrogens (tertiary/aromatic N) is 4. The van der Waals surface area contributed by atoms with Gasteiger partial charge in [0.15, 0.2) is 11.6 Å². The molecule has 1 amide bonds. The zero-order chi connectivity index (χ0) is 17.9. The van der Waals surface area contributed by atoms with Gasteiger partial charge in [-0.3, -0.25) is 9.89 Å². The second-order valence-corrected chi connectivity index (χ2v) is 6.57. The Kier molecular flexibility index (Phi) is 4.28. The summed E-state index contributed by atoms with van der Waals surface area (Å²) >= 11 is 1.44. The zero-order valence-electron chi connectivity index (χ0n) is 13.8. The molecule has 3 N–H and O–H groups in total. The van der Waals surface area contributed by atoms with E-state index < -0.39 is 0 Å². The van der Waals surface area contributed by atoms with Crippen LogP contribution in [0.25, 0.3) is 5.52 Å². The molecule has 3 heterocycles. The number of anilines is 3. The number of aromatic nitrogens is 5. The second kappa shape index (κ2) is 6.89. The average Bonchev–Trinajstić information content (AvgIpc) is 3.26. The highest BCUT2D eigenvalue weighted by molar-refractivity contribution is 7.99. The lowest BCUT2D eigenvalue weighted by atomic mass is 10.3. The number of carbonyl (C=O) groups is 1. The Bertz CT molecular complexity index is 1050. The van der Waals surface area contributed by atoms with Crippen molar-refractivity contribution in [3.05, 3.63) is 54.4 Å². The van der Waals surface area contributed by atoms with Crippen LogP contribution in [0.4, 0.5) is 17.3 Å². The first kappa shape index (κ1) is 16.2. The van der Waals surface area contributed by atoms with E-state index in [2.05, 4.69) is 30.9 Å². The number of H-pyrrole nitrogens is 1. The Hall–Kier alpha value is -3.33. The lowest BCUT2D eigenvalue weighted by Crippen LogP contribution is -2.02. The van der Waals surface area contributed by atoms with Gasteiger partial charge in [-0.25, -0.2) is 9.50 Å². The maximum Gasteiger partial charge on any atom is 0.214 e. The third-order valence-corrected chi connectivity index (χ3v) is 4.48. The quantitative estimate of drug-likeness (QED) is 0.454. The molecule has 0 fully saturated rings. The molecule has 4 aromatic rings. The first-order valence-electron chi connectivity index (χ1n) is 7.84. The molecule has 130 valence electrons. The SMILES string of the molecule is Cc1cc(Nc2nc(Sc3ccc(NC=O)cc3)nn3cccc23)n[nH]1. The van der Waals surface area contributed by atoms with Crippen molar-refractivity contribution < 1.29 is 4.79 Å². The van der Waals surface area contributed by atoms with E-state index in [0.717, 1.165) is 21.8 Å². The van der Waals surface area contributed by atoms with Gasteiger partial charge in [0.25, 0.3) is 0 Å². The zero-order valence-corrected chi connectivity index (χ0v) is 14.6. The van der Waals surface area contributed by atoms with Crippen LogP contribution >= 0.6 is 11.8 Å². The third kappa shape index (κ3) is 3.38. The fourth-order valence-electron chi connectivity index (χ4n) is 2.45. The Balaban J connectivity index is 1.63. The monoisotopic (exact) mass is 365 g/mol. The molecule has 4 rings (SSSR count). The minimum absolute atomic E-state index is 0.597. The van der Waals surface area contributed by atoms with Crippen molar-refractivity contribution in [1.82, 2.24) is 24.8 Å². The van der Waals surface area contributed by atoms with Gasteiger partial charge in [0.1, 0.15) is 5.52 Å². The van der Waals surface area contributed by atoms with Crippen molar-refractivity contribution in [2.45, 2.75) is 17.0 Å². The normalized spacial score (nSPS) is 10.8. The summed E-state index contributed by atoms with van der Waals surface area (Å²) in [5, 5.41) is 18.1. The number of fused-ring (bicyclic) bond motifs is 1. The number of aryl methyl sites for hydroxylation is 1.